The minimum Gasteiger partial charge on any atom is -0.388 e. The first-order valence-electron chi connectivity index (χ1n) is 5.15. The second kappa shape index (κ2) is 5.19. The van der Waals surface area contributed by atoms with Crippen molar-refractivity contribution < 1.29 is 40.2 Å². The van der Waals surface area contributed by atoms with E-state index < -0.39 is 41.9 Å². The number of alkyl halides is 8. The van der Waals surface area contributed by atoms with Crippen LogP contribution in [-0.4, -0.2) is 17.2 Å². The Hall–Kier alpha value is -1.38. The molecule has 1 aromatic carbocycles. The second-order valence-electron chi connectivity index (χ2n) is 4.01. The number of halogens is 8. The average molecular weight is 308 g/mol. The number of hydrogen-bond acceptors (Lipinski definition) is 1. The SMILES string of the molecule is OC(CC(F)(F)C(F)(F)F)c1ccccc1C(F)(F)F. The molecule has 20 heavy (non-hydrogen) atoms. The van der Waals surface area contributed by atoms with Gasteiger partial charge in [0.05, 0.1) is 18.1 Å². The molecule has 0 heterocycles. The number of rotatable bonds is 3. The highest BCUT2D eigenvalue weighted by Gasteiger charge is 2.58. The van der Waals surface area contributed by atoms with E-state index in [0.717, 1.165) is 12.1 Å². The molecule has 9 heteroatoms. The van der Waals surface area contributed by atoms with Crippen LogP contribution in [0.4, 0.5) is 35.1 Å². The Morgan fingerprint density at radius 2 is 1.40 bits per heavy atom. The summed E-state index contributed by atoms with van der Waals surface area (Å²) in [5.41, 5.74) is -2.48. The normalized spacial score (nSPS) is 15.2. The zero-order valence-corrected chi connectivity index (χ0v) is 9.56. The lowest BCUT2D eigenvalue weighted by Crippen LogP contribution is -2.38. The number of aliphatic hydroxyl groups is 1. The summed E-state index contributed by atoms with van der Waals surface area (Å²) in [6, 6.07) is 3.07. The lowest BCUT2D eigenvalue weighted by atomic mass is 9.97. The molecule has 1 rings (SSSR count). The Kier molecular flexibility index (Phi) is 4.33. The van der Waals surface area contributed by atoms with E-state index in [2.05, 4.69) is 0 Å². The van der Waals surface area contributed by atoms with Crippen LogP contribution in [0.2, 0.25) is 0 Å². The first-order chi connectivity index (χ1) is 8.86. The summed E-state index contributed by atoms with van der Waals surface area (Å²) in [6.07, 6.45) is -15.7. The van der Waals surface area contributed by atoms with Crippen LogP contribution < -0.4 is 0 Å². The highest BCUT2D eigenvalue weighted by atomic mass is 19.4. The van der Waals surface area contributed by atoms with E-state index in [1.165, 1.54) is 0 Å². The first-order valence-corrected chi connectivity index (χ1v) is 5.15. The van der Waals surface area contributed by atoms with E-state index in [-0.39, 0.29) is 0 Å². The number of benzene rings is 1. The summed E-state index contributed by atoms with van der Waals surface area (Å²) in [5.74, 6) is -5.29. The fourth-order valence-corrected chi connectivity index (χ4v) is 1.51. The topological polar surface area (TPSA) is 20.2 Å². The van der Waals surface area contributed by atoms with Crippen molar-refractivity contribution >= 4 is 0 Å². The predicted molar refractivity (Wildman–Crippen MR) is 52.0 cm³/mol. The van der Waals surface area contributed by atoms with Crippen molar-refractivity contribution in [3.8, 4) is 0 Å². The van der Waals surface area contributed by atoms with Crippen LogP contribution in [0.5, 0.6) is 0 Å². The zero-order chi connectivity index (χ0) is 15.8. The quantitative estimate of drug-likeness (QED) is 0.824. The summed E-state index contributed by atoms with van der Waals surface area (Å²) in [4.78, 5) is 0. The van der Waals surface area contributed by atoms with E-state index in [1.807, 2.05) is 0 Å². The van der Waals surface area contributed by atoms with Gasteiger partial charge in [-0.3, -0.25) is 0 Å². The molecule has 1 unspecified atom stereocenters. The highest BCUT2D eigenvalue weighted by Crippen LogP contribution is 2.43. The van der Waals surface area contributed by atoms with Crippen LogP contribution in [0, 0.1) is 0 Å². The van der Waals surface area contributed by atoms with Gasteiger partial charge in [-0.1, -0.05) is 18.2 Å². The van der Waals surface area contributed by atoms with Gasteiger partial charge in [0.1, 0.15) is 0 Å². The van der Waals surface area contributed by atoms with Gasteiger partial charge >= 0.3 is 18.3 Å². The average Bonchev–Trinajstić information content (AvgIpc) is 2.25. The minimum absolute atomic E-state index is 0.490. The van der Waals surface area contributed by atoms with Gasteiger partial charge in [-0.15, -0.1) is 0 Å². The molecule has 114 valence electrons. The standard InChI is InChI=1S/C11H8F8O/c12-9(13,11(17,18)19)5-8(20)6-3-1-2-4-7(6)10(14,15)16/h1-4,8,20H,5H2. The lowest BCUT2D eigenvalue weighted by Gasteiger charge is -2.24. The minimum atomic E-state index is -5.94. The fraction of sp³-hybridized carbons (Fsp3) is 0.455. The van der Waals surface area contributed by atoms with Crippen molar-refractivity contribution in [3.63, 3.8) is 0 Å². The maximum absolute atomic E-state index is 12.7. The third-order valence-electron chi connectivity index (χ3n) is 2.49. The van der Waals surface area contributed by atoms with Crippen molar-refractivity contribution in [3.05, 3.63) is 35.4 Å². The van der Waals surface area contributed by atoms with Crippen molar-refractivity contribution in [2.24, 2.45) is 0 Å². The van der Waals surface area contributed by atoms with E-state index in [9.17, 15) is 40.2 Å². The Morgan fingerprint density at radius 3 is 1.85 bits per heavy atom. The summed E-state index contributed by atoms with van der Waals surface area (Å²) in [5, 5.41) is 9.28. The van der Waals surface area contributed by atoms with E-state index in [4.69, 9.17) is 0 Å². The van der Waals surface area contributed by atoms with Crippen molar-refractivity contribution in [1.29, 1.82) is 0 Å². The van der Waals surface area contributed by atoms with Gasteiger partial charge in [0.2, 0.25) is 0 Å². The summed E-state index contributed by atoms with van der Waals surface area (Å²) in [7, 11) is 0. The molecule has 1 N–H and O–H groups in total. The lowest BCUT2D eigenvalue weighted by molar-refractivity contribution is -0.290. The van der Waals surface area contributed by atoms with Crippen molar-refractivity contribution in [2.75, 3.05) is 0 Å². The molecule has 0 aliphatic heterocycles. The largest absolute Gasteiger partial charge is 0.453 e. The van der Waals surface area contributed by atoms with Gasteiger partial charge in [0.15, 0.2) is 0 Å². The maximum atomic E-state index is 12.7. The van der Waals surface area contributed by atoms with Gasteiger partial charge in [0, 0.05) is 0 Å². The molecule has 0 bridgehead atoms. The van der Waals surface area contributed by atoms with Gasteiger partial charge in [-0.2, -0.15) is 35.1 Å². The van der Waals surface area contributed by atoms with Crippen molar-refractivity contribution in [2.45, 2.75) is 30.8 Å². The molecule has 0 saturated carbocycles. The molecule has 0 aliphatic carbocycles. The third-order valence-corrected chi connectivity index (χ3v) is 2.49. The number of hydrogen-bond donors (Lipinski definition) is 1. The Balaban J connectivity index is 3.09. The molecular weight excluding hydrogens is 300 g/mol. The Morgan fingerprint density at radius 1 is 0.900 bits per heavy atom. The van der Waals surface area contributed by atoms with Gasteiger partial charge in [-0.25, -0.2) is 0 Å². The summed E-state index contributed by atoms with van der Waals surface area (Å²) < 4.78 is 99.0. The molecular formula is C11H8F8O. The molecule has 1 atom stereocenters. The molecule has 1 aromatic rings. The smallest absolute Gasteiger partial charge is 0.388 e. The first kappa shape index (κ1) is 16.7. The maximum Gasteiger partial charge on any atom is 0.453 e. The van der Waals surface area contributed by atoms with Crippen LogP contribution in [0.1, 0.15) is 23.7 Å². The summed E-state index contributed by atoms with van der Waals surface area (Å²) in [6.45, 7) is 0. The molecule has 0 amide bonds. The van der Waals surface area contributed by atoms with Crippen LogP contribution >= 0.6 is 0 Å². The second-order valence-corrected chi connectivity index (χ2v) is 4.01. The van der Waals surface area contributed by atoms with E-state index in [0.29, 0.717) is 12.1 Å². The molecule has 0 fully saturated rings. The van der Waals surface area contributed by atoms with Crippen LogP contribution in [0.15, 0.2) is 24.3 Å². The van der Waals surface area contributed by atoms with Crippen molar-refractivity contribution in [1.82, 2.24) is 0 Å². The Labute approximate surface area is 107 Å². The van der Waals surface area contributed by atoms with Gasteiger partial charge in [-0.05, 0) is 11.6 Å². The molecule has 0 aliphatic rings. The highest BCUT2D eigenvalue weighted by molar-refractivity contribution is 5.31. The fourth-order valence-electron chi connectivity index (χ4n) is 1.51. The molecule has 0 saturated heterocycles. The molecule has 0 radical (unpaired) electrons. The molecule has 1 nitrogen and oxygen atoms in total. The molecule has 0 aromatic heterocycles. The predicted octanol–water partition coefficient (Wildman–Crippen LogP) is 4.33. The number of aliphatic hydroxyl groups excluding tert-OH is 1. The summed E-state index contributed by atoms with van der Waals surface area (Å²) >= 11 is 0. The third kappa shape index (κ3) is 3.59. The van der Waals surface area contributed by atoms with Crippen LogP contribution in [0.3, 0.4) is 0 Å². The van der Waals surface area contributed by atoms with Crippen LogP contribution in [-0.2, 0) is 6.18 Å². The van der Waals surface area contributed by atoms with Gasteiger partial charge < -0.3 is 5.11 Å². The van der Waals surface area contributed by atoms with E-state index in [1.54, 1.807) is 0 Å². The monoisotopic (exact) mass is 308 g/mol. The van der Waals surface area contributed by atoms with Crippen LogP contribution in [0.25, 0.3) is 0 Å². The van der Waals surface area contributed by atoms with Gasteiger partial charge in [0.25, 0.3) is 0 Å². The Bertz CT molecular complexity index is 462. The zero-order valence-electron chi connectivity index (χ0n) is 9.56. The molecule has 0 spiro atoms. The van der Waals surface area contributed by atoms with E-state index >= 15 is 0 Å².